The molecule has 15 heavy (non-hydrogen) atoms. The first kappa shape index (κ1) is 15.5. The van der Waals surface area contributed by atoms with Crippen molar-refractivity contribution in [2.75, 3.05) is 19.0 Å². The summed E-state index contributed by atoms with van der Waals surface area (Å²) in [6, 6.07) is 0. The zero-order valence-electron chi connectivity index (χ0n) is 10.4. The van der Waals surface area contributed by atoms with Crippen molar-refractivity contribution in [2.24, 2.45) is 0 Å². The van der Waals surface area contributed by atoms with Gasteiger partial charge in [0.2, 0.25) is 0 Å². The van der Waals surface area contributed by atoms with E-state index in [1.54, 1.807) is 0 Å². The Hall–Kier alpha value is 0.487. The molecule has 0 saturated heterocycles. The van der Waals surface area contributed by atoms with Crippen molar-refractivity contribution < 1.29 is 8.85 Å². The molecule has 0 saturated carbocycles. The van der Waals surface area contributed by atoms with Crippen LogP contribution in [0.5, 0.6) is 0 Å². The largest absolute Gasteiger partial charge is 0.397 e. The Morgan fingerprint density at radius 3 is 2.07 bits per heavy atom. The summed E-state index contributed by atoms with van der Waals surface area (Å²) < 4.78 is 11.6. The second-order valence-electron chi connectivity index (χ2n) is 3.69. The SMILES string of the molecule is CCCC(CCCS)[SiH](OCC)OCC. The van der Waals surface area contributed by atoms with Crippen molar-refractivity contribution in [3.05, 3.63) is 0 Å². The van der Waals surface area contributed by atoms with E-state index in [1.807, 2.05) is 0 Å². The highest BCUT2D eigenvalue weighted by atomic mass is 32.1. The van der Waals surface area contributed by atoms with Gasteiger partial charge in [0.25, 0.3) is 0 Å². The maximum atomic E-state index is 5.79. The van der Waals surface area contributed by atoms with Gasteiger partial charge in [0.05, 0.1) is 0 Å². The zero-order valence-corrected chi connectivity index (χ0v) is 12.4. The summed E-state index contributed by atoms with van der Waals surface area (Å²) in [4.78, 5) is 0. The Balaban J connectivity index is 4.09. The van der Waals surface area contributed by atoms with Crippen molar-refractivity contribution in [3.8, 4) is 0 Å². The number of rotatable bonds is 10. The third-order valence-corrected chi connectivity index (χ3v) is 5.52. The Kier molecular flexibility index (Phi) is 11.3. The molecule has 0 amide bonds. The van der Waals surface area contributed by atoms with Gasteiger partial charge in [-0.25, -0.2) is 0 Å². The van der Waals surface area contributed by atoms with Gasteiger partial charge in [-0.15, -0.1) is 0 Å². The topological polar surface area (TPSA) is 18.5 Å². The third-order valence-electron chi connectivity index (χ3n) is 2.44. The van der Waals surface area contributed by atoms with Gasteiger partial charge < -0.3 is 8.85 Å². The molecular weight excluding hydrogens is 224 g/mol. The van der Waals surface area contributed by atoms with Gasteiger partial charge in [-0.2, -0.15) is 12.6 Å². The Morgan fingerprint density at radius 1 is 1.07 bits per heavy atom. The quantitative estimate of drug-likeness (QED) is 0.474. The average Bonchev–Trinajstić information content (AvgIpc) is 2.24. The van der Waals surface area contributed by atoms with Crippen LogP contribution in [0.15, 0.2) is 0 Å². The predicted octanol–water partition coefficient (Wildman–Crippen LogP) is 3.16. The second kappa shape index (κ2) is 11.0. The normalized spacial score (nSPS) is 13.4. The van der Waals surface area contributed by atoms with E-state index in [-0.39, 0.29) is 0 Å². The molecule has 0 aliphatic carbocycles. The summed E-state index contributed by atoms with van der Waals surface area (Å²) in [6.45, 7) is 7.92. The van der Waals surface area contributed by atoms with Gasteiger partial charge in [-0.3, -0.25) is 0 Å². The van der Waals surface area contributed by atoms with Crippen LogP contribution in [-0.4, -0.2) is 28.3 Å². The lowest BCUT2D eigenvalue weighted by molar-refractivity contribution is 0.200. The van der Waals surface area contributed by atoms with Crippen molar-refractivity contribution in [2.45, 2.75) is 52.0 Å². The fourth-order valence-corrected chi connectivity index (χ4v) is 4.38. The van der Waals surface area contributed by atoms with E-state index < -0.39 is 9.28 Å². The number of hydrogen-bond donors (Lipinski definition) is 1. The third kappa shape index (κ3) is 7.39. The minimum absolute atomic E-state index is 0.669. The van der Waals surface area contributed by atoms with Gasteiger partial charge in [-0.1, -0.05) is 13.3 Å². The molecule has 1 atom stereocenters. The van der Waals surface area contributed by atoms with E-state index >= 15 is 0 Å². The summed E-state index contributed by atoms with van der Waals surface area (Å²) >= 11 is 4.27. The Morgan fingerprint density at radius 2 is 1.67 bits per heavy atom. The molecular formula is C11H26O2SSi. The first-order valence-electron chi connectivity index (χ1n) is 6.14. The molecule has 0 aromatic heterocycles. The molecule has 0 aliphatic rings. The summed E-state index contributed by atoms with van der Waals surface area (Å²) in [5, 5.41) is 0. The highest BCUT2D eigenvalue weighted by Crippen LogP contribution is 2.25. The minimum Gasteiger partial charge on any atom is -0.397 e. The fourth-order valence-electron chi connectivity index (χ4n) is 1.79. The van der Waals surface area contributed by atoms with E-state index in [2.05, 4.69) is 33.4 Å². The maximum Gasteiger partial charge on any atom is 0.324 e. The Labute approximate surface area is 102 Å². The van der Waals surface area contributed by atoms with Crippen LogP contribution in [0.2, 0.25) is 5.54 Å². The first-order chi connectivity index (χ1) is 7.29. The molecule has 2 nitrogen and oxygen atoms in total. The van der Waals surface area contributed by atoms with Gasteiger partial charge in [0.1, 0.15) is 0 Å². The minimum atomic E-state index is -1.43. The molecule has 0 fully saturated rings. The molecule has 0 radical (unpaired) electrons. The molecule has 0 aromatic rings. The van der Waals surface area contributed by atoms with Gasteiger partial charge in [0, 0.05) is 13.2 Å². The van der Waals surface area contributed by atoms with Crippen LogP contribution in [0.25, 0.3) is 0 Å². The lowest BCUT2D eigenvalue weighted by Crippen LogP contribution is -2.29. The molecule has 1 unspecified atom stereocenters. The standard InChI is InChI=1S/C11H26O2SSi/c1-4-8-11(9-7-10-14)15(12-5-2)13-6-3/h11,14-15H,4-10H2,1-3H3. The van der Waals surface area contributed by atoms with Crippen molar-refractivity contribution in [1.82, 2.24) is 0 Å². The van der Waals surface area contributed by atoms with Gasteiger partial charge >= 0.3 is 9.28 Å². The molecule has 0 heterocycles. The number of thiol groups is 1. The highest BCUT2D eigenvalue weighted by molar-refractivity contribution is 7.80. The van der Waals surface area contributed by atoms with E-state index in [0.29, 0.717) is 5.54 Å². The van der Waals surface area contributed by atoms with Crippen LogP contribution in [0.3, 0.4) is 0 Å². The first-order valence-corrected chi connectivity index (χ1v) is 8.38. The van der Waals surface area contributed by atoms with Gasteiger partial charge in [0.15, 0.2) is 0 Å². The van der Waals surface area contributed by atoms with Crippen LogP contribution >= 0.6 is 12.6 Å². The predicted molar refractivity (Wildman–Crippen MR) is 72.1 cm³/mol. The highest BCUT2D eigenvalue weighted by Gasteiger charge is 2.24. The Bertz CT molecular complexity index is 130. The summed E-state index contributed by atoms with van der Waals surface area (Å²) in [5.41, 5.74) is 0.669. The summed E-state index contributed by atoms with van der Waals surface area (Å²) in [5.74, 6) is 0.972. The zero-order chi connectivity index (χ0) is 11.5. The maximum absolute atomic E-state index is 5.79. The average molecular weight is 250 g/mol. The van der Waals surface area contributed by atoms with Crippen molar-refractivity contribution in [1.29, 1.82) is 0 Å². The van der Waals surface area contributed by atoms with Crippen molar-refractivity contribution >= 4 is 21.9 Å². The van der Waals surface area contributed by atoms with E-state index in [9.17, 15) is 0 Å². The molecule has 0 bridgehead atoms. The smallest absolute Gasteiger partial charge is 0.324 e. The van der Waals surface area contributed by atoms with Crippen LogP contribution in [0, 0.1) is 0 Å². The lowest BCUT2D eigenvalue weighted by Gasteiger charge is -2.24. The molecule has 92 valence electrons. The van der Waals surface area contributed by atoms with Crippen molar-refractivity contribution in [3.63, 3.8) is 0 Å². The molecule has 4 heteroatoms. The lowest BCUT2D eigenvalue weighted by atomic mass is 10.1. The second-order valence-corrected chi connectivity index (χ2v) is 6.49. The van der Waals surface area contributed by atoms with E-state index in [4.69, 9.17) is 8.85 Å². The van der Waals surface area contributed by atoms with Gasteiger partial charge in [-0.05, 0) is 44.4 Å². The fraction of sp³-hybridized carbons (Fsp3) is 1.00. The molecule has 0 N–H and O–H groups in total. The van der Waals surface area contributed by atoms with E-state index in [1.165, 1.54) is 25.7 Å². The van der Waals surface area contributed by atoms with Crippen LogP contribution in [0.4, 0.5) is 0 Å². The summed E-state index contributed by atoms with van der Waals surface area (Å²) in [7, 11) is -1.43. The number of hydrogen-bond acceptors (Lipinski definition) is 3. The van der Waals surface area contributed by atoms with Crippen LogP contribution < -0.4 is 0 Å². The molecule has 0 aliphatic heterocycles. The molecule has 0 rings (SSSR count). The molecule has 0 spiro atoms. The van der Waals surface area contributed by atoms with E-state index in [0.717, 1.165) is 19.0 Å². The summed E-state index contributed by atoms with van der Waals surface area (Å²) in [6.07, 6.45) is 4.86. The van der Waals surface area contributed by atoms with Crippen LogP contribution in [0.1, 0.15) is 46.5 Å². The monoisotopic (exact) mass is 250 g/mol. The molecule has 0 aromatic carbocycles. The van der Waals surface area contributed by atoms with Crippen LogP contribution in [-0.2, 0) is 8.85 Å².